The molecule has 23 heavy (non-hydrogen) atoms. The number of hydrogen-bond acceptors (Lipinski definition) is 5. The fraction of sp³-hybridized carbons (Fsp3) is 0.647. The number of aryl methyl sites for hydroxylation is 1. The van der Waals surface area contributed by atoms with Crippen LogP contribution in [0.3, 0.4) is 0 Å². The predicted octanol–water partition coefficient (Wildman–Crippen LogP) is 2.03. The summed E-state index contributed by atoms with van der Waals surface area (Å²) in [6.07, 6.45) is 3.78. The molecule has 1 aliphatic rings. The third kappa shape index (κ3) is 3.20. The Morgan fingerprint density at radius 2 is 2.22 bits per heavy atom. The van der Waals surface area contributed by atoms with Crippen LogP contribution < -0.4 is 5.56 Å². The second-order valence-corrected chi connectivity index (χ2v) is 7.92. The van der Waals surface area contributed by atoms with Crippen LogP contribution in [-0.4, -0.2) is 40.3 Å². The van der Waals surface area contributed by atoms with E-state index in [1.807, 2.05) is 19.0 Å². The molecule has 2 aromatic heterocycles. The Morgan fingerprint density at radius 3 is 2.91 bits per heavy atom. The average molecular weight is 335 g/mol. The first-order valence-corrected chi connectivity index (χ1v) is 9.12. The Balaban J connectivity index is 2.17. The van der Waals surface area contributed by atoms with Crippen molar-refractivity contribution in [1.82, 2.24) is 14.5 Å². The summed E-state index contributed by atoms with van der Waals surface area (Å²) in [6, 6.07) is 0. The molecule has 2 aromatic rings. The number of nitrogens with zero attached hydrogens (tertiary/aromatic N) is 3. The van der Waals surface area contributed by atoms with E-state index in [1.54, 1.807) is 15.9 Å². The van der Waals surface area contributed by atoms with E-state index in [4.69, 9.17) is 10.1 Å². The molecule has 5 nitrogen and oxygen atoms in total. The van der Waals surface area contributed by atoms with Gasteiger partial charge < -0.3 is 10.0 Å². The summed E-state index contributed by atoms with van der Waals surface area (Å²) in [5.41, 5.74) is 1.31. The summed E-state index contributed by atoms with van der Waals surface area (Å²) in [4.78, 5) is 22.2. The van der Waals surface area contributed by atoms with Crippen LogP contribution in [0.25, 0.3) is 10.2 Å². The Bertz CT molecular complexity index is 763. The zero-order chi connectivity index (χ0) is 16.6. The number of aromatic nitrogens is 2. The number of aliphatic hydroxyl groups is 1. The average Bonchev–Trinajstić information content (AvgIpc) is 2.83. The highest BCUT2D eigenvalue weighted by atomic mass is 32.1. The first-order chi connectivity index (χ1) is 11.0. The normalized spacial score (nSPS) is 17.9. The molecule has 0 saturated heterocycles. The molecule has 126 valence electrons. The van der Waals surface area contributed by atoms with Gasteiger partial charge in [0.15, 0.2) is 0 Å². The van der Waals surface area contributed by atoms with Crippen molar-refractivity contribution < 1.29 is 5.11 Å². The maximum absolute atomic E-state index is 13.1. The summed E-state index contributed by atoms with van der Waals surface area (Å²) >= 11 is 1.70. The molecule has 0 aliphatic heterocycles. The van der Waals surface area contributed by atoms with Gasteiger partial charge in [-0.25, -0.2) is 4.98 Å². The molecule has 0 fully saturated rings. The Morgan fingerprint density at radius 1 is 1.43 bits per heavy atom. The molecule has 1 atom stereocenters. The summed E-state index contributed by atoms with van der Waals surface area (Å²) < 4.78 is 1.77. The summed E-state index contributed by atoms with van der Waals surface area (Å²) in [5, 5.41) is 9.97. The van der Waals surface area contributed by atoms with Gasteiger partial charge in [0.2, 0.25) is 0 Å². The van der Waals surface area contributed by atoms with Gasteiger partial charge in [0.05, 0.1) is 11.9 Å². The SMILES string of the molecule is CC1CCc2c(sc3nc(CN(C)C)n(CCCO)c(=O)c23)C1. The Kier molecular flexibility index (Phi) is 4.85. The molecule has 0 bridgehead atoms. The first kappa shape index (κ1) is 16.6. The lowest BCUT2D eigenvalue weighted by atomic mass is 9.89. The molecule has 6 heteroatoms. The van der Waals surface area contributed by atoms with Crippen LogP contribution in [0.2, 0.25) is 0 Å². The number of aliphatic hydroxyl groups excluding tert-OH is 1. The van der Waals surface area contributed by atoms with Gasteiger partial charge in [-0.2, -0.15) is 0 Å². The summed E-state index contributed by atoms with van der Waals surface area (Å²) in [6.45, 7) is 3.53. The van der Waals surface area contributed by atoms with Gasteiger partial charge in [0.25, 0.3) is 5.56 Å². The molecular formula is C17H25N3O2S. The third-order valence-electron chi connectivity index (χ3n) is 4.49. The topological polar surface area (TPSA) is 58.4 Å². The number of thiophene rings is 1. The fourth-order valence-electron chi connectivity index (χ4n) is 3.33. The van der Waals surface area contributed by atoms with Gasteiger partial charge in [0.1, 0.15) is 10.7 Å². The van der Waals surface area contributed by atoms with E-state index in [0.717, 1.165) is 35.3 Å². The zero-order valence-corrected chi connectivity index (χ0v) is 14.9. The van der Waals surface area contributed by atoms with Gasteiger partial charge in [-0.05, 0) is 51.3 Å². The molecule has 0 saturated carbocycles. The maximum Gasteiger partial charge on any atom is 0.262 e. The highest BCUT2D eigenvalue weighted by molar-refractivity contribution is 7.18. The minimum absolute atomic E-state index is 0.0763. The van der Waals surface area contributed by atoms with Crippen LogP contribution >= 0.6 is 11.3 Å². The molecule has 0 spiro atoms. The molecule has 2 heterocycles. The van der Waals surface area contributed by atoms with Crippen molar-refractivity contribution in [2.75, 3.05) is 20.7 Å². The van der Waals surface area contributed by atoms with E-state index < -0.39 is 0 Å². The molecule has 1 aliphatic carbocycles. The highest BCUT2D eigenvalue weighted by Crippen LogP contribution is 2.35. The molecule has 3 rings (SSSR count). The first-order valence-electron chi connectivity index (χ1n) is 8.30. The second kappa shape index (κ2) is 6.71. The van der Waals surface area contributed by atoms with Crippen LogP contribution in [0.15, 0.2) is 4.79 Å². The largest absolute Gasteiger partial charge is 0.396 e. The second-order valence-electron chi connectivity index (χ2n) is 6.83. The smallest absolute Gasteiger partial charge is 0.262 e. The van der Waals surface area contributed by atoms with Crippen molar-refractivity contribution in [1.29, 1.82) is 0 Å². The van der Waals surface area contributed by atoms with E-state index in [2.05, 4.69) is 6.92 Å². The molecule has 0 radical (unpaired) electrons. The zero-order valence-electron chi connectivity index (χ0n) is 14.1. The quantitative estimate of drug-likeness (QED) is 0.908. The molecule has 1 unspecified atom stereocenters. The minimum Gasteiger partial charge on any atom is -0.396 e. The van der Waals surface area contributed by atoms with Gasteiger partial charge in [0, 0.05) is 18.0 Å². The Hall–Kier alpha value is -1.24. The van der Waals surface area contributed by atoms with Crippen molar-refractivity contribution in [2.24, 2.45) is 5.92 Å². The minimum atomic E-state index is 0.0763. The molecule has 0 amide bonds. The van der Waals surface area contributed by atoms with Crippen LogP contribution in [0.4, 0.5) is 0 Å². The number of hydrogen-bond donors (Lipinski definition) is 1. The van der Waals surface area contributed by atoms with Crippen LogP contribution in [-0.2, 0) is 25.9 Å². The molecule has 0 aromatic carbocycles. The van der Waals surface area contributed by atoms with Crippen molar-refractivity contribution in [3.05, 3.63) is 26.6 Å². The van der Waals surface area contributed by atoms with Crippen molar-refractivity contribution in [3.8, 4) is 0 Å². The molecule has 1 N–H and O–H groups in total. The molecular weight excluding hydrogens is 310 g/mol. The standard InChI is InChI=1S/C17H25N3O2S/c1-11-5-6-12-13(9-11)23-16-15(12)17(22)20(7-4-8-21)14(18-16)10-19(2)3/h11,21H,4-10H2,1-3H3. The number of fused-ring (bicyclic) bond motifs is 3. The van der Waals surface area contributed by atoms with E-state index in [-0.39, 0.29) is 12.2 Å². The predicted molar refractivity (Wildman–Crippen MR) is 94.2 cm³/mol. The van der Waals surface area contributed by atoms with Gasteiger partial charge in [-0.3, -0.25) is 9.36 Å². The third-order valence-corrected chi connectivity index (χ3v) is 5.64. The summed E-state index contributed by atoms with van der Waals surface area (Å²) in [5.74, 6) is 1.49. The van der Waals surface area contributed by atoms with Crippen LogP contribution in [0.5, 0.6) is 0 Å². The lowest BCUT2D eigenvalue weighted by Crippen LogP contribution is -2.29. The van der Waals surface area contributed by atoms with E-state index >= 15 is 0 Å². The van der Waals surface area contributed by atoms with E-state index in [0.29, 0.717) is 25.4 Å². The van der Waals surface area contributed by atoms with Crippen molar-refractivity contribution >= 4 is 21.6 Å². The maximum atomic E-state index is 13.1. The lowest BCUT2D eigenvalue weighted by molar-refractivity contribution is 0.276. The highest BCUT2D eigenvalue weighted by Gasteiger charge is 2.24. The fourth-order valence-corrected chi connectivity index (χ4v) is 4.72. The van der Waals surface area contributed by atoms with Crippen molar-refractivity contribution in [3.63, 3.8) is 0 Å². The number of rotatable bonds is 5. The van der Waals surface area contributed by atoms with Crippen molar-refractivity contribution in [2.45, 2.75) is 45.7 Å². The van der Waals surface area contributed by atoms with Crippen LogP contribution in [0, 0.1) is 5.92 Å². The van der Waals surface area contributed by atoms with Crippen LogP contribution in [0.1, 0.15) is 36.0 Å². The van der Waals surface area contributed by atoms with Gasteiger partial charge in [-0.1, -0.05) is 6.92 Å². The summed E-state index contributed by atoms with van der Waals surface area (Å²) in [7, 11) is 3.96. The monoisotopic (exact) mass is 335 g/mol. The Labute approximate surface area is 140 Å². The van der Waals surface area contributed by atoms with Gasteiger partial charge >= 0.3 is 0 Å². The lowest BCUT2D eigenvalue weighted by Gasteiger charge is -2.18. The van der Waals surface area contributed by atoms with E-state index in [1.165, 1.54) is 10.4 Å². The van der Waals surface area contributed by atoms with Gasteiger partial charge in [-0.15, -0.1) is 11.3 Å². The van der Waals surface area contributed by atoms with E-state index in [9.17, 15) is 4.79 Å².